The Bertz CT molecular complexity index is 854. The van der Waals surface area contributed by atoms with E-state index in [1.165, 1.54) is 7.11 Å². The highest BCUT2D eigenvalue weighted by molar-refractivity contribution is 5.97. The van der Waals surface area contributed by atoms with Gasteiger partial charge in [-0.15, -0.1) is 0 Å². The summed E-state index contributed by atoms with van der Waals surface area (Å²) in [6.07, 6.45) is 1.01. The van der Waals surface area contributed by atoms with Crippen LogP contribution in [0.1, 0.15) is 18.9 Å². The van der Waals surface area contributed by atoms with Crippen LogP contribution in [-0.2, 0) is 11.2 Å². The predicted molar refractivity (Wildman–Crippen MR) is 115 cm³/mol. The fourth-order valence-electron chi connectivity index (χ4n) is 3.40. The molecular formula is C22H28N4O3. The third-order valence-corrected chi connectivity index (χ3v) is 4.83. The molecule has 3 N–H and O–H groups in total. The first-order valence-corrected chi connectivity index (χ1v) is 9.87. The van der Waals surface area contributed by atoms with E-state index in [0.717, 1.165) is 17.8 Å². The minimum atomic E-state index is -0.00858. The Morgan fingerprint density at radius 2 is 2.03 bits per heavy atom. The fraction of sp³-hybridized carbons (Fsp3) is 0.364. The zero-order valence-corrected chi connectivity index (χ0v) is 16.9. The largest absolute Gasteiger partial charge is 0.504 e. The van der Waals surface area contributed by atoms with E-state index < -0.39 is 0 Å². The van der Waals surface area contributed by atoms with Crippen molar-refractivity contribution in [3.8, 4) is 11.5 Å². The Morgan fingerprint density at radius 3 is 2.76 bits per heavy atom. The first-order chi connectivity index (χ1) is 14.1. The summed E-state index contributed by atoms with van der Waals surface area (Å²) in [5.41, 5.74) is 1.70. The molecule has 2 aromatic carbocycles. The SMILES string of the molecule is CCNC(=NCCc1cccc(OC)c1O)NC1CC(=O)N(c2ccccc2)C1. The van der Waals surface area contributed by atoms with Crippen LogP contribution in [0.3, 0.4) is 0 Å². The van der Waals surface area contributed by atoms with E-state index in [2.05, 4.69) is 15.6 Å². The van der Waals surface area contributed by atoms with Crippen LogP contribution < -0.4 is 20.3 Å². The highest BCUT2D eigenvalue weighted by atomic mass is 16.5. The lowest BCUT2D eigenvalue weighted by Crippen LogP contribution is -2.44. The van der Waals surface area contributed by atoms with E-state index in [4.69, 9.17) is 4.74 Å². The van der Waals surface area contributed by atoms with E-state index in [0.29, 0.717) is 37.6 Å². The summed E-state index contributed by atoms with van der Waals surface area (Å²) < 4.78 is 5.15. The third-order valence-electron chi connectivity index (χ3n) is 4.83. The number of nitrogens with zero attached hydrogens (tertiary/aromatic N) is 2. The normalized spacial score (nSPS) is 16.8. The lowest BCUT2D eigenvalue weighted by molar-refractivity contribution is -0.117. The summed E-state index contributed by atoms with van der Waals surface area (Å²) in [4.78, 5) is 18.8. The molecule has 2 aromatic rings. The highest BCUT2D eigenvalue weighted by Crippen LogP contribution is 2.29. The molecule has 0 spiro atoms. The molecule has 1 aliphatic rings. The second-order valence-corrected chi connectivity index (χ2v) is 6.86. The van der Waals surface area contributed by atoms with Crippen LogP contribution >= 0.6 is 0 Å². The number of carbonyl (C=O) groups is 1. The number of anilines is 1. The first-order valence-electron chi connectivity index (χ1n) is 9.87. The molecule has 1 atom stereocenters. The monoisotopic (exact) mass is 396 g/mol. The molecule has 1 unspecified atom stereocenters. The molecule has 7 nitrogen and oxygen atoms in total. The number of guanidine groups is 1. The predicted octanol–water partition coefficient (Wildman–Crippen LogP) is 2.30. The van der Waals surface area contributed by atoms with Crippen molar-refractivity contribution in [2.75, 3.05) is 31.6 Å². The molecule has 0 saturated carbocycles. The molecular weight excluding hydrogens is 368 g/mol. The summed E-state index contributed by atoms with van der Waals surface area (Å²) in [6, 6.07) is 15.1. The van der Waals surface area contributed by atoms with E-state index >= 15 is 0 Å². The van der Waals surface area contributed by atoms with Crippen molar-refractivity contribution >= 4 is 17.6 Å². The number of aromatic hydroxyl groups is 1. The summed E-state index contributed by atoms with van der Waals surface area (Å²) in [7, 11) is 1.53. The van der Waals surface area contributed by atoms with Gasteiger partial charge < -0.3 is 25.4 Å². The van der Waals surface area contributed by atoms with Gasteiger partial charge in [-0.1, -0.05) is 30.3 Å². The van der Waals surface area contributed by atoms with Gasteiger partial charge in [0.15, 0.2) is 17.5 Å². The summed E-state index contributed by atoms with van der Waals surface area (Å²) in [5.74, 6) is 1.39. The van der Waals surface area contributed by atoms with E-state index in [1.54, 1.807) is 11.0 Å². The number of aliphatic imine (C=N–C) groups is 1. The summed E-state index contributed by atoms with van der Waals surface area (Å²) in [5, 5.41) is 16.8. The number of hydrogen-bond acceptors (Lipinski definition) is 4. The quantitative estimate of drug-likeness (QED) is 0.494. The van der Waals surface area contributed by atoms with Crippen molar-refractivity contribution in [3.05, 3.63) is 54.1 Å². The topological polar surface area (TPSA) is 86.2 Å². The van der Waals surface area contributed by atoms with Crippen LogP contribution in [0.15, 0.2) is 53.5 Å². The van der Waals surface area contributed by atoms with Gasteiger partial charge in [0.25, 0.3) is 0 Å². The molecule has 1 aliphatic heterocycles. The van der Waals surface area contributed by atoms with Gasteiger partial charge in [-0.05, 0) is 37.1 Å². The maximum Gasteiger partial charge on any atom is 0.229 e. The summed E-state index contributed by atoms with van der Waals surface area (Å²) >= 11 is 0. The van der Waals surface area contributed by atoms with Crippen molar-refractivity contribution in [1.82, 2.24) is 10.6 Å². The molecule has 1 saturated heterocycles. The molecule has 1 heterocycles. The van der Waals surface area contributed by atoms with E-state index in [-0.39, 0.29) is 17.7 Å². The Balaban J connectivity index is 1.61. The molecule has 1 amide bonds. The van der Waals surface area contributed by atoms with Gasteiger partial charge in [0.2, 0.25) is 5.91 Å². The van der Waals surface area contributed by atoms with E-state index in [1.807, 2.05) is 49.4 Å². The minimum Gasteiger partial charge on any atom is -0.504 e. The molecule has 0 aromatic heterocycles. The van der Waals surface area contributed by atoms with Crippen LogP contribution in [0.5, 0.6) is 11.5 Å². The van der Waals surface area contributed by atoms with Gasteiger partial charge in [-0.3, -0.25) is 9.79 Å². The fourth-order valence-corrected chi connectivity index (χ4v) is 3.40. The Labute approximate surface area is 171 Å². The van der Waals surface area contributed by atoms with Crippen LogP contribution in [0.25, 0.3) is 0 Å². The smallest absolute Gasteiger partial charge is 0.229 e. The summed E-state index contributed by atoms with van der Waals surface area (Å²) in [6.45, 7) is 3.82. The standard InChI is InChI=1S/C22H28N4O3/c1-3-23-22(24-13-12-16-8-7-11-19(29-2)21(16)28)25-17-14-20(27)26(15-17)18-9-5-4-6-10-18/h4-11,17,28H,3,12-15H2,1-2H3,(H2,23,24,25). The number of methoxy groups -OCH3 is 1. The highest BCUT2D eigenvalue weighted by Gasteiger charge is 2.31. The van der Waals surface area contributed by atoms with Gasteiger partial charge in [0, 0.05) is 31.7 Å². The van der Waals surface area contributed by atoms with Gasteiger partial charge in [-0.25, -0.2) is 0 Å². The van der Waals surface area contributed by atoms with Crippen LogP contribution in [0.4, 0.5) is 5.69 Å². The zero-order valence-electron chi connectivity index (χ0n) is 16.9. The van der Waals surface area contributed by atoms with Gasteiger partial charge in [-0.2, -0.15) is 0 Å². The molecule has 154 valence electrons. The number of hydrogen-bond donors (Lipinski definition) is 3. The third kappa shape index (κ3) is 5.19. The van der Waals surface area contributed by atoms with Crippen molar-refractivity contribution in [2.24, 2.45) is 4.99 Å². The second-order valence-electron chi connectivity index (χ2n) is 6.86. The average molecular weight is 396 g/mol. The molecule has 0 radical (unpaired) electrons. The van der Waals surface area contributed by atoms with Crippen molar-refractivity contribution in [3.63, 3.8) is 0 Å². The second kappa shape index (κ2) is 9.82. The molecule has 0 aliphatic carbocycles. The lowest BCUT2D eigenvalue weighted by Gasteiger charge is -2.19. The molecule has 29 heavy (non-hydrogen) atoms. The van der Waals surface area contributed by atoms with E-state index in [9.17, 15) is 9.90 Å². The number of benzene rings is 2. The molecule has 1 fully saturated rings. The number of amides is 1. The molecule has 3 rings (SSSR count). The lowest BCUT2D eigenvalue weighted by atomic mass is 10.1. The van der Waals surface area contributed by atoms with Crippen molar-refractivity contribution in [2.45, 2.75) is 25.8 Å². The van der Waals surface area contributed by atoms with Crippen molar-refractivity contribution in [1.29, 1.82) is 0 Å². The maximum absolute atomic E-state index is 12.4. The first kappa shape index (κ1) is 20.5. The van der Waals surface area contributed by atoms with Gasteiger partial charge in [0.05, 0.1) is 13.2 Å². The van der Waals surface area contributed by atoms with Crippen LogP contribution in [-0.4, -0.2) is 49.8 Å². The number of carbonyl (C=O) groups excluding carboxylic acids is 1. The Kier molecular flexibility index (Phi) is 6.94. The number of ether oxygens (including phenoxy) is 1. The van der Waals surface area contributed by atoms with Crippen LogP contribution in [0, 0.1) is 0 Å². The number of phenolic OH excluding ortho intramolecular Hbond substituents is 1. The Hall–Kier alpha value is -3.22. The van der Waals surface area contributed by atoms with Gasteiger partial charge >= 0.3 is 0 Å². The molecule has 7 heteroatoms. The van der Waals surface area contributed by atoms with Gasteiger partial charge in [0.1, 0.15) is 0 Å². The molecule has 0 bridgehead atoms. The Morgan fingerprint density at radius 1 is 1.24 bits per heavy atom. The van der Waals surface area contributed by atoms with Crippen molar-refractivity contribution < 1.29 is 14.6 Å². The number of para-hydroxylation sites is 2. The number of nitrogens with one attached hydrogen (secondary N) is 2. The minimum absolute atomic E-state index is 0.00858. The van der Waals surface area contributed by atoms with Crippen LogP contribution in [0.2, 0.25) is 0 Å². The zero-order chi connectivity index (χ0) is 20.6. The number of phenols is 1. The maximum atomic E-state index is 12.4. The number of rotatable bonds is 7. The average Bonchev–Trinajstić information content (AvgIpc) is 3.10.